The number of hydrogen-bond acceptors (Lipinski definition) is 2. The van der Waals surface area contributed by atoms with Gasteiger partial charge in [0, 0.05) is 12.6 Å². The van der Waals surface area contributed by atoms with E-state index < -0.39 is 42.6 Å². The summed E-state index contributed by atoms with van der Waals surface area (Å²) >= 11 is 0. The maximum Gasteiger partial charge on any atom is 0.406 e. The van der Waals surface area contributed by atoms with Gasteiger partial charge in [-0.15, -0.1) is 0 Å². The van der Waals surface area contributed by atoms with Crippen molar-refractivity contribution in [1.29, 1.82) is 0 Å². The summed E-state index contributed by atoms with van der Waals surface area (Å²) in [6.45, 7) is 1.06. The van der Waals surface area contributed by atoms with Crippen LogP contribution in [0.2, 0.25) is 0 Å². The molecule has 0 radical (unpaired) electrons. The molecule has 1 rings (SSSR count). The number of carbonyl (C=O) groups is 1. The normalized spacial score (nSPS) is 11.6. The molecule has 3 nitrogen and oxygen atoms in total. The molecule has 1 aromatic rings. The Bertz CT molecular complexity index is 516. The molecule has 0 saturated heterocycles. The second-order valence-electron chi connectivity index (χ2n) is 5.15. The van der Waals surface area contributed by atoms with E-state index in [0.29, 0.717) is 11.0 Å². The van der Waals surface area contributed by atoms with Gasteiger partial charge < -0.3 is 9.64 Å². The topological polar surface area (TPSA) is 29.5 Å². The van der Waals surface area contributed by atoms with Gasteiger partial charge in [-0.05, 0) is 18.1 Å². The minimum Gasteiger partial charge on any atom is -0.481 e. The summed E-state index contributed by atoms with van der Waals surface area (Å²) in [5, 5.41) is 0. The van der Waals surface area contributed by atoms with Crippen LogP contribution in [0.25, 0.3) is 0 Å². The van der Waals surface area contributed by atoms with Gasteiger partial charge in [0.05, 0.1) is 0 Å². The van der Waals surface area contributed by atoms with E-state index >= 15 is 0 Å². The standard InChI is InChI=1S/C14H16F5NO2/c1-9(2)6-20(8-14(17,18)19)13(21)7-22-12-4-3-10(15)5-11(12)16/h3-5,9H,6-8H2,1-2H3. The van der Waals surface area contributed by atoms with Crippen LogP contribution < -0.4 is 4.74 Å². The van der Waals surface area contributed by atoms with Crippen molar-refractivity contribution in [3.8, 4) is 5.75 Å². The molecule has 124 valence electrons. The molecule has 22 heavy (non-hydrogen) atoms. The minimum atomic E-state index is -4.54. The highest BCUT2D eigenvalue weighted by Gasteiger charge is 2.33. The van der Waals surface area contributed by atoms with Gasteiger partial charge in [-0.1, -0.05) is 13.8 Å². The molecule has 0 aliphatic heterocycles. The zero-order valence-electron chi connectivity index (χ0n) is 12.1. The van der Waals surface area contributed by atoms with Gasteiger partial charge in [-0.3, -0.25) is 4.79 Å². The number of amides is 1. The lowest BCUT2D eigenvalue weighted by Crippen LogP contribution is -2.43. The van der Waals surface area contributed by atoms with Gasteiger partial charge in [-0.25, -0.2) is 8.78 Å². The Labute approximate surface area is 124 Å². The molecule has 1 amide bonds. The van der Waals surface area contributed by atoms with Crippen molar-refractivity contribution in [3.63, 3.8) is 0 Å². The van der Waals surface area contributed by atoms with E-state index in [1.807, 2.05) is 0 Å². The fourth-order valence-corrected chi connectivity index (χ4v) is 1.73. The monoisotopic (exact) mass is 325 g/mol. The molecular weight excluding hydrogens is 309 g/mol. The van der Waals surface area contributed by atoms with E-state index in [0.717, 1.165) is 12.1 Å². The fourth-order valence-electron chi connectivity index (χ4n) is 1.73. The maximum absolute atomic E-state index is 13.3. The first-order valence-electron chi connectivity index (χ1n) is 6.51. The van der Waals surface area contributed by atoms with Crippen molar-refractivity contribution >= 4 is 5.91 Å². The molecule has 0 heterocycles. The molecule has 0 atom stereocenters. The largest absolute Gasteiger partial charge is 0.481 e. The molecule has 0 N–H and O–H groups in total. The van der Waals surface area contributed by atoms with Crippen LogP contribution in [-0.4, -0.2) is 36.7 Å². The number of alkyl halides is 3. The van der Waals surface area contributed by atoms with E-state index in [1.54, 1.807) is 13.8 Å². The molecule has 0 aliphatic carbocycles. The lowest BCUT2D eigenvalue weighted by Gasteiger charge is -2.25. The van der Waals surface area contributed by atoms with Crippen molar-refractivity contribution in [1.82, 2.24) is 4.90 Å². The molecule has 0 fully saturated rings. The van der Waals surface area contributed by atoms with Crippen molar-refractivity contribution in [2.75, 3.05) is 19.7 Å². The lowest BCUT2D eigenvalue weighted by atomic mass is 10.2. The predicted molar refractivity (Wildman–Crippen MR) is 69.3 cm³/mol. The number of hydrogen-bond donors (Lipinski definition) is 0. The number of carbonyl (C=O) groups excluding carboxylic acids is 1. The van der Waals surface area contributed by atoms with Gasteiger partial charge >= 0.3 is 6.18 Å². The maximum atomic E-state index is 13.3. The van der Waals surface area contributed by atoms with Gasteiger partial charge in [0.15, 0.2) is 18.2 Å². The van der Waals surface area contributed by atoms with Crippen LogP contribution >= 0.6 is 0 Å². The fraction of sp³-hybridized carbons (Fsp3) is 0.500. The molecule has 8 heteroatoms. The number of benzene rings is 1. The predicted octanol–water partition coefficient (Wildman–Crippen LogP) is 3.39. The Morgan fingerprint density at radius 2 is 1.91 bits per heavy atom. The molecule has 0 unspecified atom stereocenters. The lowest BCUT2D eigenvalue weighted by molar-refractivity contribution is -0.163. The first kappa shape index (κ1) is 18.2. The van der Waals surface area contributed by atoms with Crippen LogP contribution in [0.15, 0.2) is 18.2 Å². The third kappa shape index (κ3) is 6.28. The molecule has 0 saturated carbocycles. The second kappa shape index (κ2) is 7.42. The first-order chi connectivity index (χ1) is 10.1. The summed E-state index contributed by atoms with van der Waals surface area (Å²) in [6.07, 6.45) is -4.54. The van der Waals surface area contributed by atoms with E-state index in [1.165, 1.54) is 0 Å². The van der Waals surface area contributed by atoms with Gasteiger partial charge in [0.25, 0.3) is 5.91 Å². The SMILES string of the molecule is CC(C)CN(CC(F)(F)F)C(=O)COc1ccc(F)cc1F. The zero-order chi connectivity index (χ0) is 16.9. The molecule has 0 aromatic heterocycles. The molecule has 1 aromatic carbocycles. The summed E-state index contributed by atoms with van der Waals surface area (Å²) in [6, 6.07) is 2.44. The Balaban J connectivity index is 2.70. The van der Waals surface area contributed by atoms with Crippen molar-refractivity contribution in [2.45, 2.75) is 20.0 Å². The number of nitrogens with zero attached hydrogens (tertiary/aromatic N) is 1. The zero-order valence-corrected chi connectivity index (χ0v) is 12.1. The van der Waals surface area contributed by atoms with Crippen LogP contribution in [0, 0.1) is 17.6 Å². The molecule has 0 aliphatic rings. The van der Waals surface area contributed by atoms with Gasteiger partial charge in [0.1, 0.15) is 12.4 Å². The van der Waals surface area contributed by atoms with Gasteiger partial charge in [-0.2, -0.15) is 13.2 Å². The number of ether oxygens (including phenoxy) is 1. The quantitative estimate of drug-likeness (QED) is 0.750. The van der Waals surface area contributed by atoms with Gasteiger partial charge in [0.2, 0.25) is 0 Å². The summed E-state index contributed by atoms with van der Waals surface area (Å²) in [5.74, 6) is -3.34. The summed E-state index contributed by atoms with van der Waals surface area (Å²) in [7, 11) is 0. The average molecular weight is 325 g/mol. The molecule has 0 bridgehead atoms. The smallest absolute Gasteiger partial charge is 0.406 e. The van der Waals surface area contributed by atoms with Crippen molar-refractivity contribution in [3.05, 3.63) is 29.8 Å². The average Bonchev–Trinajstić information content (AvgIpc) is 2.34. The summed E-state index contributed by atoms with van der Waals surface area (Å²) < 4.78 is 68.2. The van der Waals surface area contributed by atoms with Crippen LogP contribution in [0.1, 0.15) is 13.8 Å². The third-order valence-corrected chi connectivity index (χ3v) is 2.55. The highest BCUT2D eigenvalue weighted by molar-refractivity contribution is 5.77. The van der Waals surface area contributed by atoms with Crippen LogP contribution in [0.5, 0.6) is 5.75 Å². The second-order valence-corrected chi connectivity index (χ2v) is 5.15. The Morgan fingerprint density at radius 1 is 1.27 bits per heavy atom. The van der Waals surface area contributed by atoms with Crippen molar-refractivity contribution in [2.24, 2.45) is 5.92 Å². The molecular formula is C14H16F5NO2. The summed E-state index contributed by atoms with van der Waals surface area (Å²) in [5.41, 5.74) is 0. The third-order valence-electron chi connectivity index (χ3n) is 2.55. The van der Waals surface area contributed by atoms with Crippen molar-refractivity contribution < 1.29 is 31.5 Å². The first-order valence-corrected chi connectivity index (χ1v) is 6.51. The van der Waals surface area contributed by atoms with Crippen LogP contribution in [-0.2, 0) is 4.79 Å². The Kier molecular flexibility index (Phi) is 6.13. The van der Waals surface area contributed by atoms with E-state index in [4.69, 9.17) is 4.74 Å². The minimum absolute atomic E-state index is 0.104. The van der Waals surface area contributed by atoms with Crippen LogP contribution in [0.3, 0.4) is 0 Å². The number of halogens is 5. The Hall–Kier alpha value is -1.86. The molecule has 0 spiro atoms. The van der Waals surface area contributed by atoms with Crippen LogP contribution in [0.4, 0.5) is 22.0 Å². The highest BCUT2D eigenvalue weighted by Crippen LogP contribution is 2.19. The summed E-state index contributed by atoms with van der Waals surface area (Å²) in [4.78, 5) is 12.4. The Morgan fingerprint density at radius 3 is 2.41 bits per heavy atom. The van der Waals surface area contributed by atoms with E-state index in [9.17, 15) is 26.7 Å². The van der Waals surface area contributed by atoms with E-state index in [-0.39, 0.29) is 12.5 Å². The number of rotatable bonds is 6. The highest BCUT2D eigenvalue weighted by atomic mass is 19.4. The van der Waals surface area contributed by atoms with E-state index in [2.05, 4.69) is 0 Å².